The molecule has 0 aromatic heterocycles. The highest BCUT2D eigenvalue weighted by atomic mass is 28.3. The molecule has 0 atom stereocenters. The smallest absolute Gasteiger partial charge is 0.107 e. The average Bonchev–Trinajstić information content (AvgIpc) is 2.42. The van der Waals surface area contributed by atoms with Crippen LogP contribution in [0.2, 0.25) is 0 Å². The van der Waals surface area contributed by atoms with Crippen LogP contribution >= 0.6 is 0 Å². The number of rotatable bonds is 2. The summed E-state index contributed by atoms with van der Waals surface area (Å²) >= 11 is 0. The van der Waals surface area contributed by atoms with Crippen LogP contribution in [0.5, 0.6) is 0 Å². The van der Waals surface area contributed by atoms with Gasteiger partial charge in [0.15, 0.2) is 0 Å². The molecule has 1 heteroatoms. The van der Waals surface area contributed by atoms with E-state index < -0.39 is 8.80 Å². The van der Waals surface area contributed by atoms with E-state index in [0.717, 1.165) is 0 Å². The van der Waals surface area contributed by atoms with Gasteiger partial charge in [-0.2, -0.15) is 0 Å². The first-order valence-corrected chi connectivity index (χ1v) is 6.86. The fourth-order valence-corrected chi connectivity index (χ4v) is 3.49. The van der Waals surface area contributed by atoms with Gasteiger partial charge in [0, 0.05) is 0 Å². The van der Waals surface area contributed by atoms with Crippen LogP contribution in [0, 0.1) is 23.8 Å². The average molecular weight is 231 g/mol. The van der Waals surface area contributed by atoms with Crippen LogP contribution in [0.1, 0.15) is 0 Å². The summed E-state index contributed by atoms with van der Waals surface area (Å²) in [5, 5.41) is 2.54. The second-order valence-electron chi connectivity index (χ2n) is 3.50. The van der Waals surface area contributed by atoms with Crippen LogP contribution in [0.3, 0.4) is 0 Å². The van der Waals surface area contributed by atoms with Crippen molar-refractivity contribution in [2.24, 2.45) is 0 Å². The molecule has 0 amide bonds. The Hall–Kier alpha value is -2.22. The topological polar surface area (TPSA) is 0 Å². The number of hydrogen-bond acceptors (Lipinski definition) is 0. The Bertz CT molecular complexity index is 528. The summed E-state index contributed by atoms with van der Waals surface area (Å²) in [6, 6.07) is 20.7. The van der Waals surface area contributed by atoms with E-state index in [4.69, 9.17) is 6.42 Å². The van der Waals surface area contributed by atoms with E-state index in [0.29, 0.717) is 0 Å². The van der Waals surface area contributed by atoms with Crippen LogP contribution in [-0.4, -0.2) is 8.80 Å². The van der Waals surface area contributed by atoms with Crippen LogP contribution < -0.4 is 10.4 Å². The van der Waals surface area contributed by atoms with Gasteiger partial charge in [-0.25, -0.2) is 0 Å². The van der Waals surface area contributed by atoms with Crippen molar-refractivity contribution in [3.8, 4) is 23.8 Å². The summed E-state index contributed by atoms with van der Waals surface area (Å²) in [6.45, 7) is 0. The second-order valence-corrected chi connectivity index (χ2v) is 5.66. The molecule has 0 aliphatic carbocycles. The minimum atomic E-state index is -1.07. The largest absolute Gasteiger partial charge is 0.214 e. The Kier molecular flexibility index (Phi) is 3.81. The lowest BCUT2D eigenvalue weighted by atomic mass is 10.4. The molecule has 2 aromatic carbocycles. The fourth-order valence-electron chi connectivity index (χ4n) is 1.62. The lowest BCUT2D eigenvalue weighted by molar-refractivity contribution is 1.74. The fraction of sp³-hybridized carbons (Fsp3) is 0. The van der Waals surface area contributed by atoms with E-state index in [1.54, 1.807) is 0 Å². The standard InChI is InChI=1S/C16H11Si/c1-2-3-14-17(15-10-6-4-7-11-15)16-12-8-5-9-13-16/h1,4-13H. The van der Waals surface area contributed by atoms with Gasteiger partial charge in [0.05, 0.1) is 0 Å². The van der Waals surface area contributed by atoms with Crippen molar-refractivity contribution < 1.29 is 0 Å². The van der Waals surface area contributed by atoms with Gasteiger partial charge in [0.25, 0.3) is 0 Å². The van der Waals surface area contributed by atoms with Gasteiger partial charge in [0.2, 0.25) is 8.80 Å². The molecule has 0 aliphatic rings. The van der Waals surface area contributed by atoms with E-state index in [-0.39, 0.29) is 0 Å². The van der Waals surface area contributed by atoms with E-state index >= 15 is 0 Å². The normalized spacial score (nSPS) is 9.18. The molecule has 0 unspecified atom stereocenters. The molecule has 0 saturated carbocycles. The number of terminal acetylenes is 1. The van der Waals surface area contributed by atoms with Crippen molar-refractivity contribution >= 4 is 19.2 Å². The van der Waals surface area contributed by atoms with Crippen LogP contribution in [-0.2, 0) is 0 Å². The van der Waals surface area contributed by atoms with Gasteiger partial charge in [-0.15, -0.1) is 12.0 Å². The maximum Gasteiger partial charge on any atom is 0.214 e. The predicted molar refractivity (Wildman–Crippen MR) is 74.5 cm³/mol. The predicted octanol–water partition coefficient (Wildman–Crippen LogP) is 1.47. The van der Waals surface area contributed by atoms with Gasteiger partial charge < -0.3 is 0 Å². The van der Waals surface area contributed by atoms with Crippen molar-refractivity contribution in [1.82, 2.24) is 0 Å². The molecule has 17 heavy (non-hydrogen) atoms. The SMILES string of the molecule is C#CC#C[Si](c1ccccc1)c1ccccc1. The summed E-state index contributed by atoms with van der Waals surface area (Å²) in [7, 11) is -1.07. The minimum absolute atomic E-state index is 1.07. The van der Waals surface area contributed by atoms with Gasteiger partial charge in [0.1, 0.15) is 0 Å². The molecule has 0 N–H and O–H groups in total. The molecule has 79 valence electrons. The van der Waals surface area contributed by atoms with E-state index in [1.165, 1.54) is 10.4 Å². The van der Waals surface area contributed by atoms with Gasteiger partial charge in [-0.1, -0.05) is 60.7 Å². The maximum atomic E-state index is 5.23. The molecular weight excluding hydrogens is 220 g/mol. The highest BCUT2D eigenvalue weighted by Gasteiger charge is 2.13. The third kappa shape index (κ3) is 2.88. The molecule has 1 radical (unpaired) electrons. The third-order valence-corrected chi connectivity index (χ3v) is 4.58. The van der Waals surface area contributed by atoms with E-state index in [2.05, 4.69) is 41.7 Å². The quantitative estimate of drug-likeness (QED) is 0.542. The summed E-state index contributed by atoms with van der Waals surface area (Å²) in [6.07, 6.45) is 5.23. The van der Waals surface area contributed by atoms with Crippen molar-refractivity contribution in [2.75, 3.05) is 0 Å². The molecule has 0 spiro atoms. The molecule has 2 aromatic rings. The zero-order chi connectivity index (χ0) is 11.9. The molecule has 0 aliphatic heterocycles. The summed E-state index contributed by atoms with van der Waals surface area (Å²) < 4.78 is 0. The van der Waals surface area contributed by atoms with Gasteiger partial charge >= 0.3 is 0 Å². The number of hydrogen-bond donors (Lipinski definition) is 0. The van der Waals surface area contributed by atoms with E-state index in [9.17, 15) is 0 Å². The van der Waals surface area contributed by atoms with Crippen molar-refractivity contribution in [3.05, 3.63) is 60.7 Å². The highest BCUT2D eigenvalue weighted by Crippen LogP contribution is 1.91. The Morgan fingerprint density at radius 1 is 0.765 bits per heavy atom. The van der Waals surface area contributed by atoms with Crippen LogP contribution in [0.25, 0.3) is 0 Å². The molecule has 0 bridgehead atoms. The molecular formula is C16H11Si. The third-order valence-electron chi connectivity index (χ3n) is 2.38. The first kappa shape index (κ1) is 11.3. The molecule has 0 saturated heterocycles. The maximum absolute atomic E-state index is 5.23. The minimum Gasteiger partial charge on any atom is -0.107 e. The summed E-state index contributed by atoms with van der Waals surface area (Å²) in [5.74, 6) is 5.17. The Morgan fingerprint density at radius 2 is 1.24 bits per heavy atom. The Morgan fingerprint density at radius 3 is 1.65 bits per heavy atom. The van der Waals surface area contributed by atoms with Crippen molar-refractivity contribution in [3.63, 3.8) is 0 Å². The first-order valence-electron chi connectivity index (χ1n) is 5.36. The Labute approximate surface area is 104 Å². The molecule has 0 heterocycles. The molecule has 2 rings (SSSR count). The zero-order valence-electron chi connectivity index (χ0n) is 9.35. The molecule has 0 fully saturated rings. The summed E-state index contributed by atoms with van der Waals surface area (Å²) in [4.78, 5) is 0. The van der Waals surface area contributed by atoms with Crippen molar-refractivity contribution in [1.29, 1.82) is 0 Å². The van der Waals surface area contributed by atoms with E-state index in [1.807, 2.05) is 36.4 Å². The highest BCUT2D eigenvalue weighted by molar-refractivity contribution is 6.91. The zero-order valence-corrected chi connectivity index (χ0v) is 10.4. The lowest BCUT2D eigenvalue weighted by Gasteiger charge is -2.08. The van der Waals surface area contributed by atoms with Crippen LogP contribution in [0.4, 0.5) is 0 Å². The second kappa shape index (κ2) is 5.75. The monoisotopic (exact) mass is 231 g/mol. The van der Waals surface area contributed by atoms with Crippen LogP contribution in [0.15, 0.2) is 60.7 Å². The lowest BCUT2D eigenvalue weighted by Crippen LogP contribution is -2.41. The van der Waals surface area contributed by atoms with Crippen molar-refractivity contribution in [2.45, 2.75) is 0 Å². The summed E-state index contributed by atoms with van der Waals surface area (Å²) in [5.41, 5.74) is 3.22. The molecule has 0 nitrogen and oxygen atoms in total. The Balaban J connectivity index is 2.44. The first-order chi connectivity index (χ1) is 8.42. The van der Waals surface area contributed by atoms with Gasteiger partial charge in [-0.05, 0) is 22.2 Å². The number of benzene rings is 2. The van der Waals surface area contributed by atoms with Gasteiger partial charge in [-0.3, -0.25) is 0 Å².